The average molecular weight is 392 g/mol. The van der Waals surface area contributed by atoms with Crippen molar-refractivity contribution in [3.8, 4) is 5.75 Å². The van der Waals surface area contributed by atoms with Gasteiger partial charge in [-0.05, 0) is 42.9 Å². The molecule has 0 aliphatic carbocycles. The molecule has 0 fully saturated rings. The van der Waals surface area contributed by atoms with Crippen LogP contribution in [-0.2, 0) is 11.3 Å². The number of allylic oxidation sites excluding steroid dienone is 1. The summed E-state index contributed by atoms with van der Waals surface area (Å²) in [5.74, 6) is 0.923. The lowest BCUT2D eigenvalue weighted by molar-refractivity contribution is -0.111. The molecule has 4 rings (SSSR count). The average Bonchev–Trinajstić information content (AvgIpc) is 3.10. The van der Waals surface area contributed by atoms with Crippen LogP contribution in [0.3, 0.4) is 0 Å². The predicted molar refractivity (Wildman–Crippen MR) is 113 cm³/mol. The summed E-state index contributed by atoms with van der Waals surface area (Å²) in [6.07, 6.45) is 0.398. The summed E-state index contributed by atoms with van der Waals surface area (Å²) < 4.78 is 7.62. The Labute approximate surface area is 169 Å². The minimum Gasteiger partial charge on any atom is -0.511 e. The van der Waals surface area contributed by atoms with E-state index in [9.17, 15) is 9.90 Å². The zero-order chi connectivity index (χ0) is 20.2. The van der Waals surface area contributed by atoms with Gasteiger partial charge in [-0.1, -0.05) is 19.1 Å². The van der Waals surface area contributed by atoms with Crippen LogP contribution in [0.2, 0.25) is 0 Å². The molecule has 7 heteroatoms. The molecule has 0 unspecified atom stereocenters. The number of rotatable bonds is 7. The van der Waals surface area contributed by atoms with Crippen molar-refractivity contribution in [2.75, 3.05) is 25.0 Å². The molecule has 1 amide bonds. The van der Waals surface area contributed by atoms with Crippen LogP contribution < -0.4 is 15.4 Å². The fraction of sp³-hybridized carbons (Fsp3) is 0.273. The van der Waals surface area contributed by atoms with Gasteiger partial charge in [-0.25, -0.2) is 4.98 Å². The fourth-order valence-electron chi connectivity index (χ4n) is 3.44. The van der Waals surface area contributed by atoms with Gasteiger partial charge in [0, 0.05) is 25.2 Å². The summed E-state index contributed by atoms with van der Waals surface area (Å²) >= 11 is 0. The molecule has 0 spiro atoms. The van der Waals surface area contributed by atoms with Crippen LogP contribution in [0.4, 0.5) is 5.69 Å². The van der Waals surface area contributed by atoms with Crippen molar-refractivity contribution < 1.29 is 14.6 Å². The molecule has 150 valence electrons. The standard InChI is InChI=1S/C22H24N4O3/c1-2-23-12-14-29-16-9-7-15(8-10-16)24-22(28)20-19(27)11-13-26-18-6-4-3-5-17(18)25-21(20)26/h3-10,23,27H,2,11-14H2,1H3,(H,24,28). The molecule has 0 saturated carbocycles. The summed E-state index contributed by atoms with van der Waals surface area (Å²) in [6.45, 7) is 4.91. The van der Waals surface area contributed by atoms with Crippen molar-refractivity contribution in [3.63, 3.8) is 0 Å². The van der Waals surface area contributed by atoms with Gasteiger partial charge >= 0.3 is 0 Å². The van der Waals surface area contributed by atoms with E-state index >= 15 is 0 Å². The Hall–Kier alpha value is -3.32. The third-order valence-electron chi connectivity index (χ3n) is 4.88. The molecule has 0 bridgehead atoms. The molecule has 0 saturated heterocycles. The number of likely N-dealkylation sites (N-methyl/N-ethyl adjacent to an activating group) is 1. The summed E-state index contributed by atoms with van der Waals surface area (Å²) in [5, 5.41) is 16.5. The van der Waals surface area contributed by atoms with Crippen molar-refractivity contribution in [2.45, 2.75) is 19.9 Å². The molecule has 1 aliphatic heterocycles. The number of anilines is 1. The van der Waals surface area contributed by atoms with Gasteiger partial charge < -0.3 is 25.0 Å². The number of fused-ring (bicyclic) bond motifs is 3. The number of nitrogens with one attached hydrogen (secondary N) is 2. The number of carbonyl (C=O) groups excluding carboxylic acids is 1. The SMILES string of the molecule is CCNCCOc1ccc(NC(=O)C2=C(O)CCn3c2nc2ccccc23)cc1. The molecule has 2 aromatic carbocycles. The van der Waals surface area contributed by atoms with Crippen LogP contribution >= 0.6 is 0 Å². The monoisotopic (exact) mass is 392 g/mol. The van der Waals surface area contributed by atoms with E-state index in [-0.39, 0.29) is 17.2 Å². The summed E-state index contributed by atoms with van der Waals surface area (Å²) in [7, 11) is 0. The molecule has 3 aromatic rings. The van der Waals surface area contributed by atoms with E-state index in [0.717, 1.165) is 29.9 Å². The minimum atomic E-state index is -0.375. The number of imidazole rings is 1. The first kappa shape index (κ1) is 19.0. The maximum atomic E-state index is 12.9. The molecular weight excluding hydrogens is 368 g/mol. The van der Waals surface area contributed by atoms with E-state index in [2.05, 4.69) is 15.6 Å². The fourth-order valence-corrected chi connectivity index (χ4v) is 3.44. The predicted octanol–water partition coefficient (Wildman–Crippen LogP) is 3.34. The third-order valence-corrected chi connectivity index (χ3v) is 4.88. The second-order valence-corrected chi connectivity index (χ2v) is 6.83. The van der Waals surface area contributed by atoms with Crippen LogP contribution in [0.25, 0.3) is 16.6 Å². The summed E-state index contributed by atoms with van der Waals surface area (Å²) in [6, 6.07) is 14.9. The number of nitrogens with zero attached hydrogens (tertiary/aromatic N) is 2. The first-order chi connectivity index (χ1) is 14.2. The maximum Gasteiger partial charge on any atom is 0.262 e. The van der Waals surface area contributed by atoms with E-state index in [1.165, 1.54) is 0 Å². The second kappa shape index (κ2) is 8.36. The number of hydrogen-bond donors (Lipinski definition) is 3. The van der Waals surface area contributed by atoms with Crippen molar-refractivity contribution in [2.24, 2.45) is 0 Å². The molecule has 0 radical (unpaired) electrons. The van der Waals surface area contributed by atoms with Crippen molar-refractivity contribution in [3.05, 3.63) is 60.1 Å². The van der Waals surface area contributed by atoms with Crippen molar-refractivity contribution >= 4 is 28.2 Å². The Morgan fingerprint density at radius 1 is 1.21 bits per heavy atom. The second-order valence-electron chi connectivity index (χ2n) is 6.83. The highest BCUT2D eigenvalue weighted by atomic mass is 16.5. The topological polar surface area (TPSA) is 88.4 Å². The van der Waals surface area contributed by atoms with E-state index < -0.39 is 0 Å². The number of aliphatic hydroxyl groups is 1. The van der Waals surface area contributed by atoms with Gasteiger partial charge in [-0.3, -0.25) is 4.79 Å². The van der Waals surface area contributed by atoms with Gasteiger partial charge in [-0.15, -0.1) is 0 Å². The highest BCUT2D eigenvalue weighted by Crippen LogP contribution is 2.30. The number of aromatic nitrogens is 2. The van der Waals surface area contributed by atoms with Crippen LogP contribution in [-0.4, -0.2) is 40.3 Å². The first-order valence-corrected chi connectivity index (χ1v) is 9.80. The highest BCUT2D eigenvalue weighted by molar-refractivity contribution is 6.25. The number of hydrogen-bond acceptors (Lipinski definition) is 5. The van der Waals surface area contributed by atoms with E-state index in [0.29, 0.717) is 31.1 Å². The number of aryl methyl sites for hydroxylation is 1. The van der Waals surface area contributed by atoms with Crippen LogP contribution in [0.5, 0.6) is 5.75 Å². The molecular formula is C22H24N4O3. The normalized spacial score (nSPS) is 13.4. The molecule has 1 aliphatic rings. The lowest BCUT2D eigenvalue weighted by Crippen LogP contribution is -2.22. The van der Waals surface area contributed by atoms with Crippen molar-refractivity contribution in [1.82, 2.24) is 14.9 Å². The summed E-state index contributed by atoms with van der Waals surface area (Å²) in [5.41, 5.74) is 2.61. The number of amides is 1. The van der Waals surface area contributed by atoms with E-state index in [1.807, 2.05) is 47.9 Å². The zero-order valence-corrected chi connectivity index (χ0v) is 16.3. The van der Waals surface area contributed by atoms with Gasteiger partial charge in [0.2, 0.25) is 0 Å². The molecule has 29 heavy (non-hydrogen) atoms. The largest absolute Gasteiger partial charge is 0.511 e. The molecule has 7 nitrogen and oxygen atoms in total. The number of aliphatic hydroxyl groups excluding tert-OH is 1. The van der Waals surface area contributed by atoms with E-state index in [4.69, 9.17) is 4.74 Å². The Morgan fingerprint density at radius 2 is 2.00 bits per heavy atom. The summed E-state index contributed by atoms with van der Waals surface area (Å²) in [4.78, 5) is 17.5. The maximum absolute atomic E-state index is 12.9. The molecule has 1 aromatic heterocycles. The van der Waals surface area contributed by atoms with Crippen molar-refractivity contribution in [1.29, 1.82) is 0 Å². The number of ether oxygens (including phenoxy) is 1. The van der Waals surface area contributed by atoms with Crippen LogP contribution in [0, 0.1) is 0 Å². The van der Waals surface area contributed by atoms with Gasteiger partial charge in [-0.2, -0.15) is 0 Å². The minimum absolute atomic E-state index is 0.0636. The lowest BCUT2D eigenvalue weighted by atomic mass is 10.1. The lowest BCUT2D eigenvalue weighted by Gasteiger charge is -2.18. The quantitative estimate of drug-likeness (QED) is 0.537. The number of carbonyl (C=O) groups is 1. The number of benzene rings is 2. The molecule has 2 heterocycles. The van der Waals surface area contributed by atoms with Gasteiger partial charge in [0.1, 0.15) is 29.5 Å². The highest BCUT2D eigenvalue weighted by Gasteiger charge is 2.28. The Bertz CT molecular complexity index is 1050. The number of para-hydroxylation sites is 2. The van der Waals surface area contributed by atoms with Gasteiger partial charge in [0.05, 0.1) is 11.0 Å². The first-order valence-electron chi connectivity index (χ1n) is 9.80. The smallest absolute Gasteiger partial charge is 0.262 e. The van der Waals surface area contributed by atoms with Gasteiger partial charge in [0.15, 0.2) is 0 Å². The Kier molecular flexibility index (Phi) is 5.48. The third kappa shape index (κ3) is 3.95. The van der Waals surface area contributed by atoms with Crippen LogP contribution in [0.15, 0.2) is 54.3 Å². The van der Waals surface area contributed by atoms with Gasteiger partial charge in [0.25, 0.3) is 5.91 Å². The molecule has 3 N–H and O–H groups in total. The Balaban J connectivity index is 1.50. The van der Waals surface area contributed by atoms with Crippen LogP contribution in [0.1, 0.15) is 19.2 Å². The zero-order valence-electron chi connectivity index (χ0n) is 16.3. The molecule has 0 atom stereocenters. The Morgan fingerprint density at radius 3 is 2.79 bits per heavy atom. The van der Waals surface area contributed by atoms with E-state index in [1.54, 1.807) is 12.1 Å².